The summed E-state index contributed by atoms with van der Waals surface area (Å²) < 4.78 is 53.2. The minimum atomic E-state index is -1.23. The third kappa shape index (κ3) is 1.96. The van der Waals surface area contributed by atoms with E-state index in [4.69, 9.17) is 0 Å². The Morgan fingerprint density at radius 3 is 2.00 bits per heavy atom. The quantitative estimate of drug-likeness (QED) is 0.420. The van der Waals surface area contributed by atoms with Gasteiger partial charge < -0.3 is 0 Å². The second-order valence-corrected chi connectivity index (χ2v) is 3.36. The summed E-state index contributed by atoms with van der Waals surface area (Å²) in [5.41, 5.74) is -1.10. The third-order valence-corrected chi connectivity index (χ3v) is 2.45. The molecule has 1 aromatic rings. The first-order chi connectivity index (χ1) is 7.58. The highest BCUT2D eigenvalue weighted by Crippen LogP contribution is 2.27. The van der Waals surface area contributed by atoms with Gasteiger partial charge in [-0.25, -0.2) is 17.6 Å². The maximum Gasteiger partial charge on any atom is 0.165 e. The maximum atomic E-state index is 13.6. The number of rotatable bonds is 4. The van der Waals surface area contributed by atoms with Crippen LogP contribution in [0.3, 0.4) is 0 Å². The first-order valence-corrected chi connectivity index (χ1v) is 4.92. The average Bonchev–Trinajstić information content (AvgIpc) is 2.27. The van der Waals surface area contributed by atoms with Gasteiger partial charge in [0.05, 0.1) is 0 Å². The minimum absolute atomic E-state index is 0.0179. The van der Waals surface area contributed by atoms with Crippen LogP contribution in [0.25, 0.3) is 0 Å². The lowest BCUT2D eigenvalue weighted by Crippen LogP contribution is -2.08. The van der Waals surface area contributed by atoms with Crippen LogP contribution in [0.1, 0.15) is 23.6 Å². The van der Waals surface area contributed by atoms with Crippen molar-refractivity contribution in [3.8, 4) is 0 Å². The van der Waals surface area contributed by atoms with Crippen molar-refractivity contribution in [2.75, 3.05) is 0 Å². The molecule has 16 heavy (non-hydrogen) atoms. The minimum Gasteiger partial charge on any atom is -0.246 e. The number of hydrogen-bond acceptors (Lipinski definition) is 0. The number of benzene rings is 1. The van der Waals surface area contributed by atoms with E-state index in [1.54, 1.807) is 0 Å². The molecule has 0 aromatic heterocycles. The summed E-state index contributed by atoms with van der Waals surface area (Å²) in [6, 6.07) is 0. The molecule has 0 aliphatic rings. The predicted octanol–water partition coefficient (Wildman–Crippen LogP) is 3.86. The molecule has 0 saturated carbocycles. The monoisotopic (exact) mass is 232 g/mol. The molecule has 0 aliphatic carbocycles. The maximum absolute atomic E-state index is 13.6. The van der Waals surface area contributed by atoms with Gasteiger partial charge in [0.15, 0.2) is 11.6 Å². The van der Waals surface area contributed by atoms with Crippen LogP contribution in [-0.4, -0.2) is 0 Å². The Bertz CT molecular complexity index is 410. The standard InChI is InChI=1S/C12H12F4/c1-3-5-8-9(6-13)10(14)7(4-2)11(15)12(8)16/h3H,1,4-6H2,2H3. The Morgan fingerprint density at radius 2 is 1.56 bits per heavy atom. The van der Waals surface area contributed by atoms with Crippen LogP contribution in [0.2, 0.25) is 0 Å². The number of hydrogen-bond donors (Lipinski definition) is 0. The molecule has 0 heterocycles. The Hall–Kier alpha value is -1.32. The van der Waals surface area contributed by atoms with Gasteiger partial charge in [0.1, 0.15) is 12.5 Å². The summed E-state index contributed by atoms with van der Waals surface area (Å²) in [6.45, 7) is 3.67. The Morgan fingerprint density at radius 1 is 1.00 bits per heavy atom. The lowest BCUT2D eigenvalue weighted by atomic mass is 9.98. The van der Waals surface area contributed by atoms with Crippen molar-refractivity contribution in [2.24, 2.45) is 0 Å². The topological polar surface area (TPSA) is 0 Å². The van der Waals surface area contributed by atoms with Gasteiger partial charge in [-0.05, 0) is 12.8 Å². The van der Waals surface area contributed by atoms with E-state index < -0.39 is 35.3 Å². The van der Waals surface area contributed by atoms with E-state index in [0.29, 0.717) is 0 Å². The smallest absolute Gasteiger partial charge is 0.165 e. The molecule has 0 spiro atoms. The first kappa shape index (κ1) is 12.7. The van der Waals surface area contributed by atoms with Gasteiger partial charge in [-0.2, -0.15) is 0 Å². The van der Waals surface area contributed by atoms with E-state index in [2.05, 4.69) is 6.58 Å². The average molecular weight is 232 g/mol. The summed E-state index contributed by atoms with van der Waals surface area (Å²) in [5, 5.41) is 0. The van der Waals surface area contributed by atoms with Crippen LogP contribution in [0.15, 0.2) is 12.7 Å². The molecule has 0 bridgehead atoms. The molecule has 0 saturated heterocycles. The molecule has 0 nitrogen and oxygen atoms in total. The van der Waals surface area contributed by atoms with Crippen molar-refractivity contribution in [3.63, 3.8) is 0 Å². The second kappa shape index (κ2) is 5.14. The molecule has 88 valence electrons. The fourth-order valence-electron chi connectivity index (χ4n) is 1.62. The highest BCUT2D eigenvalue weighted by atomic mass is 19.2. The van der Waals surface area contributed by atoms with Crippen molar-refractivity contribution in [1.82, 2.24) is 0 Å². The molecule has 1 rings (SSSR count). The summed E-state index contributed by atoms with van der Waals surface area (Å²) in [6.07, 6.45) is 1.17. The number of allylic oxidation sites excluding steroid dienone is 1. The van der Waals surface area contributed by atoms with Crippen LogP contribution in [0.5, 0.6) is 0 Å². The van der Waals surface area contributed by atoms with Crippen molar-refractivity contribution in [2.45, 2.75) is 26.4 Å². The second-order valence-electron chi connectivity index (χ2n) is 3.36. The van der Waals surface area contributed by atoms with Crippen LogP contribution in [-0.2, 0) is 19.5 Å². The zero-order chi connectivity index (χ0) is 12.3. The molecule has 0 atom stereocenters. The van der Waals surface area contributed by atoms with Gasteiger partial charge in [-0.15, -0.1) is 6.58 Å². The van der Waals surface area contributed by atoms with Gasteiger partial charge in [0, 0.05) is 16.7 Å². The SMILES string of the molecule is C=CCc1c(F)c(F)c(CC)c(F)c1CF. The van der Waals surface area contributed by atoms with Gasteiger partial charge in [0.2, 0.25) is 0 Å². The molecular formula is C12H12F4. The van der Waals surface area contributed by atoms with Gasteiger partial charge in [0.25, 0.3) is 0 Å². The Kier molecular flexibility index (Phi) is 4.10. The molecule has 0 fully saturated rings. The molecule has 0 aliphatic heterocycles. The largest absolute Gasteiger partial charge is 0.246 e. The van der Waals surface area contributed by atoms with Gasteiger partial charge >= 0.3 is 0 Å². The summed E-state index contributed by atoms with van der Waals surface area (Å²) in [5.74, 6) is -3.39. The zero-order valence-electron chi connectivity index (χ0n) is 8.92. The van der Waals surface area contributed by atoms with E-state index in [-0.39, 0.29) is 18.4 Å². The van der Waals surface area contributed by atoms with E-state index in [1.807, 2.05) is 0 Å². The molecule has 0 unspecified atom stereocenters. The van der Waals surface area contributed by atoms with Crippen molar-refractivity contribution in [3.05, 3.63) is 46.8 Å². The number of alkyl halides is 1. The van der Waals surface area contributed by atoms with E-state index in [0.717, 1.165) is 0 Å². The van der Waals surface area contributed by atoms with Crippen LogP contribution in [0, 0.1) is 17.5 Å². The first-order valence-electron chi connectivity index (χ1n) is 4.92. The van der Waals surface area contributed by atoms with E-state index in [1.165, 1.54) is 13.0 Å². The van der Waals surface area contributed by atoms with E-state index in [9.17, 15) is 17.6 Å². The van der Waals surface area contributed by atoms with E-state index >= 15 is 0 Å². The van der Waals surface area contributed by atoms with Crippen molar-refractivity contribution in [1.29, 1.82) is 0 Å². The van der Waals surface area contributed by atoms with Crippen molar-refractivity contribution < 1.29 is 17.6 Å². The molecule has 0 radical (unpaired) electrons. The summed E-state index contributed by atoms with van der Waals surface area (Å²) in [4.78, 5) is 0. The molecular weight excluding hydrogens is 220 g/mol. The lowest BCUT2D eigenvalue weighted by Gasteiger charge is -2.12. The fourth-order valence-corrected chi connectivity index (χ4v) is 1.62. The van der Waals surface area contributed by atoms with Crippen LogP contribution < -0.4 is 0 Å². The highest BCUT2D eigenvalue weighted by Gasteiger charge is 2.22. The summed E-state index contributed by atoms with van der Waals surface area (Å²) in [7, 11) is 0. The third-order valence-electron chi connectivity index (χ3n) is 2.45. The van der Waals surface area contributed by atoms with Gasteiger partial charge in [-0.3, -0.25) is 0 Å². The normalized spacial score (nSPS) is 10.6. The zero-order valence-corrected chi connectivity index (χ0v) is 8.92. The Labute approximate surface area is 91.6 Å². The molecule has 1 aromatic carbocycles. The van der Waals surface area contributed by atoms with Crippen LogP contribution in [0.4, 0.5) is 17.6 Å². The molecule has 4 heteroatoms. The predicted molar refractivity (Wildman–Crippen MR) is 54.4 cm³/mol. The molecule has 0 amide bonds. The lowest BCUT2D eigenvalue weighted by molar-refractivity contribution is 0.431. The Balaban J connectivity index is 3.55. The van der Waals surface area contributed by atoms with Crippen molar-refractivity contribution >= 4 is 0 Å². The van der Waals surface area contributed by atoms with Crippen LogP contribution >= 0.6 is 0 Å². The summed E-state index contributed by atoms with van der Waals surface area (Å²) >= 11 is 0. The molecule has 0 N–H and O–H groups in total. The number of halogens is 4. The van der Waals surface area contributed by atoms with Gasteiger partial charge in [-0.1, -0.05) is 13.0 Å². The fraction of sp³-hybridized carbons (Fsp3) is 0.333. The highest BCUT2D eigenvalue weighted by molar-refractivity contribution is 5.37.